The van der Waals surface area contributed by atoms with Gasteiger partial charge in [-0.2, -0.15) is 0 Å². The van der Waals surface area contributed by atoms with Crippen molar-refractivity contribution in [2.24, 2.45) is 5.84 Å². The van der Waals surface area contributed by atoms with Gasteiger partial charge in [0, 0.05) is 3.57 Å². The summed E-state index contributed by atoms with van der Waals surface area (Å²) >= 11 is 2.31. The molecule has 106 valence electrons. The number of rotatable bonds is 5. The summed E-state index contributed by atoms with van der Waals surface area (Å²) in [6, 6.07) is 14.6. The molecule has 1 atom stereocenters. The maximum absolute atomic E-state index is 5.74. The van der Waals surface area contributed by atoms with Crippen LogP contribution in [0.5, 0.6) is 5.75 Å². The van der Waals surface area contributed by atoms with Gasteiger partial charge in [-0.1, -0.05) is 29.8 Å². The number of halogens is 1. The van der Waals surface area contributed by atoms with Crippen molar-refractivity contribution in [3.8, 4) is 5.75 Å². The molecule has 0 aliphatic heterocycles. The Hall–Kier alpha value is -1.11. The van der Waals surface area contributed by atoms with E-state index < -0.39 is 0 Å². The molecule has 3 N–H and O–H groups in total. The van der Waals surface area contributed by atoms with Gasteiger partial charge in [0.15, 0.2) is 0 Å². The van der Waals surface area contributed by atoms with E-state index in [9.17, 15) is 0 Å². The van der Waals surface area contributed by atoms with Crippen molar-refractivity contribution in [3.05, 3.63) is 62.7 Å². The zero-order chi connectivity index (χ0) is 14.5. The minimum atomic E-state index is 0.0698. The van der Waals surface area contributed by atoms with Crippen molar-refractivity contribution in [3.63, 3.8) is 0 Å². The van der Waals surface area contributed by atoms with Crippen LogP contribution in [0.4, 0.5) is 0 Å². The summed E-state index contributed by atoms with van der Waals surface area (Å²) in [7, 11) is 1.70. The molecule has 0 bridgehead atoms. The Morgan fingerprint density at radius 1 is 1.25 bits per heavy atom. The first-order valence-corrected chi connectivity index (χ1v) is 7.57. The Kier molecular flexibility index (Phi) is 5.39. The Labute approximate surface area is 133 Å². The van der Waals surface area contributed by atoms with Crippen molar-refractivity contribution in [1.82, 2.24) is 5.43 Å². The third-order valence-corrected chi connectivity index (χ3v) is 3.98. The molecule has 4 heteroatoms. The highest BCUT2D eigenvalue weighted by molar-refractivity contribution is 14.1. The molecule has 0 radical (unpaired) electrons. The van der Waals surface area contributed by atoms with Crippen LogP contribution in [0.25, 0.3) is 0 Å². The molecule has 0 heterocycles. The molecule has 1 unspecified atom stereocenters. The second-order valence-corrected chi connectivity index (χ2v) is 6.04. The van der Waals surface area contributed by atoms with Crippen LogP contribution < -0.4 is 16.0 Å². The van der Waals surface area contributed by atoms with Crippen LogP contribution in [0.1, 0.15) is 22.7 Å². The lowest BCUT2D eigenvalue weighted by atomic mass is 9.97. The van der Waals surface area contributed by atoms with Crippen LogP contribution in [0.15, 0.2) is 42.5 Å². The van der Waals surface area contributed by atoms with E-state index in [1.54, 1.807) is 7.11 Å². The average Bonchev–Trinajstić information content (AvgIpc) is 2.45. The number of hydrogen-bond donors (Lipinski definition) is 2. The number of aryl methyl sites for hydroxylation is 1. The highest BCUT2D eigenvalue weighted by Crippen LogP contribution is 2.26. The number of ether oxygens (including phenoxy) is 1. The number of nitrogens with one attached hydrogen (secondary N) is 1. The Morgan fingerprint density at radius 3 is 2.70 bits per heavy atom. The van der Waals surface area contributed by atoms with Gasteiger partial charge in [-0.05, 0) is 65.3 Å². The Bertz CT molecular complexity index is 586. The Balaban J connectivity index is 2.28. The quantitative estimate of drug-likeness (QED) is 0.474. The first kappa shape index (κ1) is 15.3. The number of benzene rings is 2. The molecule has 20 heavy (non-hydrogen) atoms. The summed E-state index contributed by atoms with van der Waals surface area (Å²) in [6.45, 7) is 2.08. The van der Waals surface area contributed by atoms with Crippen molar-refractivity contribution >= 4 is 22.6 Å². The summed E-state index contributed by atoms with van der Waals surface area (Å²) in [5.74, 6) is 6.64. The van der Waals surface area contributed by atoms with Crippen molar-refractivity contribution in [1.29, 1.82) is 0 Å². The van der Waals surface area contributed by atoms with Gasteiger partial charge in [0.05, 0.1) is 13.2 Å². The minimum Gasteiger partial charge on any atom is -0.496 e. The lowest BCUT2D eigenvalue weighted by Crippen LogP contribution is -2.29. The fraction of sp³-hybridized carbons (Fsp3) is 0.250. The van der Waals surface area contributed by atoms with E-state index in [2.05, 4.69) is 71.3 Å². The predicted octanol–water partition coefficient (Wildman–Crippen LogP) is 3.36. The maximum atomic E-state index is 5.74. The summed E-state index contributed by atoms with van der Waals surface area (Å²) in [5.41, 5.74) is 6.47. The lowest BCUT2D eigenvalue weighted by molar-refractivity contribution is 0.405. The Morgan fingerprint density at radius 2 is 2.05 bits per heavy atom. The van der Waals surface area contributed by atoms with E-state index in [1.165, 1.54) is 14.7 Å². The van der Waals surface area contributed by atoms with Crippen LogP contribution in [0.2, 0.25) is 0 Å². The third-order valence-electron chi connectivity index (χ3n) is 3.31. The average molecular weight is 382 g/mol. The molecule has 0 aliphatic rings. The summed E-state index contributed by atoms with van der Waals surface area (Å²) in [6.07, 6.45) is 0.793. The molecular formula is C16H19IN2O. The number of hydrogen-bond acceptors (Lipinski definition) is 3. The SMILES string of the molecule is COc1ccc(C)cc1CC(NN)c1cccc(I)c1. The zero-order valence-corrected chi connectivity index (χ0v) is 13.8. The summed E-state index contributed by atoms with van der Waals surface area (Å²) in [4.78, 5) is 0. The number of nitrogens with two attached hydrogens (primary N) is 1. The zero-order valence-electron chi connectivity index (χ0n) is 11.7. The first-order valence-electron chi connectivity index (χ1n) is 6.49. The molecule has 0 saturated carbocycles. The van der Waals surface area contributed by atoms with Gasteiger partial charge in [-0.3, -0.25) is 11.3 Å². The maximum Gasteiger partial charge on any atom is 0.122 e. The van der Waals surface area contributed by atoms with Gasteiger partial charge in [-0.25, -0.2) is 0 Å². The molecule has 2 aromatic rings. The van der Waals surface area contributed by atoms with Crippen LogP contribution >= 0.6 is 22.6 Å². The second-order valence-electron chi connectivity index (χ2n) is 4.79. The number of hydrazine groups is 1. The third kappa shape index (κ3) is 3.71. The van der Waals surface area contributed by atoms with E-state index in [0.29, 0.717) is 0 Å². The highest BCUT2D eigenvalue weighted by Gasteiger charge is 2.14. The fourth-order valence-corrected chi connectivity index (χ4v) is 2.85. The van der Waals surface area contributed by atoms with Crippen LogP contribution in [-0.4, -0.2) is 7.11 Å². The smallest absolute Gasteiger partial charge is 0.122 e. The van der Waals surface area contributed by atoms with E-state index >= 15 is 0 Å². The van der Waals surface area contributed by atoms with Crippen molar-refractivity contribution in [2.45, 2.75) is 19.4 Å². The minimum absolute atomic E-state index is 0.0698. The van der Waals surface area contributed by atoms with Crippen molar-refractivity contribution < 1.29 is 4.74 Å². The van der Waals surface area contributed by atoms with Crippen molar-refractivity contribution in [2.75, 3.05) is 7.11 Å². The monoisotopic (exact) mass is 382 g/mol. The van der Waals surface area contributed by atoms with Gasteiger partial charge in [-0.15, -0.1) is 0 Å². The number of methoxy groups -OCH3 is 1. The summed E-state index contributed by atoms with van der Waals surface area (Å²) < 4.78 is 6.64. The van der Waals surface area contributed by atoms with Crippen LogP contribution in [0, 0.1) is 10.5 Å². The van der Waals surface area contributed by atoms with Crippen LogP contribution in [0.3, 0.4) is 0 Å². The molecule has 0 spiro atoms. The largest absolute Gasteiger partial charge is 0.496 e. The molecule has 2 aromatic carbocycles. The van der Waals surface area contributed by atoms with E-state index in [0.717, 1.165) is 17.7 Å². The normalized spacial score (nSPS) is 12.2. The van der Waals surface area contributed by atoms with E-state index in [1.807, 2.05) is 6.07 Å². The summed E-state index contributed by atoms with van der Waals surface area (Å²) in [5, 5.41) is 0. The second kappa shape index (κ2) is 7.06. The van der Waals surface area contributed by atoms with Gasteiger partial charge < -0.3 is 4.74 Å². The van der Waals surface area contributed by atoms with Gasteiger partial charge in [0.2, 0.25) is 0 Å². The van der Waals surface area contributed by atoms with Gasteiger partial charge >= 0.3 is 0 Å². The van der Waals surface area contributed by atoms with Crippen LogP contribution in [-0.2, 0) is 6.42 Å². The lowest BCUT2D eigenvalue weighted by Gasteiger charge is -2.18. The molecule has 0 saturated heterocycles. The molecule has 0 aliphatic carbocycles. The van der Waals surface area contributed by atoms with Gasteiger partial charge in [0.1, 0.15) is 5.75 Å². The topological polar surface area (TPSA) is 47.3 Å². The van der Waals surface area contributed by atoms with Gasteiger partial charge in [0.25, 0.3) is 0 Å². The molecule has 0 fully saturated rings. The molecular weight excluding hydrogens is 363 g/mol. The first-order chi connectivity index (χ1) is 9.63. The molecule has 3 nitrogen and oxygen atoms in total. The fourth-order valence-electron chi connectivity index (χ4n) is 2.28. The predicted molar refractivity (Wildman–Crippen MR) is 90.7 cm³/mol. The van der Waals surface area contributed by atoms with E-state index in [-0.39, 0.29) is 6.04 Å². The molecule has 0 amide bonds. The standard InChI is InChI=1S/C16H19IN2O/c1-11-6-7-16(20-2)13(8-11)10-15(19-18)12-4-3-5-14(17)9-12/h3-9,15,19H,10,18H2,1-2H3. The molecule has 2 rings (SSSR count). The van der Waals surface area contributed by atoms with E-state index in [4.69, 9.17) is 10.6 Å². The highest BCUT2D eigenvalue weighted by atomic mass is 127. The molecule has 0 aromatic heterocycles.